The van der Waals surface area contributed by atoms with Crippen LogP contribution in [0.25, 0.3) is 0 Å². The van der Waals surface area contributed by atoms with Gasteiger partial charge >= 0.3 is 0 Å². The van der Waals surface area contributed by atoms with Gasteiger partial charge in [-0.15, -0.1) is 0 Å². The molecule has 0 aliphatic heterocycles. The highest BCUT2D eigenvalue weighted by atomic mass is 32.2. The third-order valence-corrected chi connectivity index (χ3v) is 5.02. The molecule has 0 bridgehead atoms. The fourth-order valence-electron chi connectivity index (χ4n) is 2.51. The standard InChI is InChI=1S/C18H22FNO2S/c1-12(2)9-15-6-7-16(19)11-18(15)23(21,22)20-17-8-5-13(3)10-14(17)4/h5-8,10-12,20H,9H2,1-4H3. The molecule has 0 fully saturated rings. The first kappa shape index (κ1) is 17.5. The van der Waals surface area contributed by atoms with Crippen LogP contribution in [0.3, 0.4) is 0 Å². The normalized spacial score (nSPS) is 11.7. The van der Waals surface area contributed by atoms with Gasteiger partial charge in [0.05, 0.1) is 10.6 Å². The van der Waals surface area contributed by atoms with E-state index in [0.29, 0.717) is 17.7 Å². The third-order valence-electron chi connectivity index (χ3n) is 3.57. The molecule has 0 aliphatic carbocycles. The predicted molar refractivity (Wildman–Crippen MR) is 91.7 cm³/mol. The summed E-state index contributed by atoms with van der Waals surface area (Å²) in [4.78, 5) is 0.00572. The van der Waals surface area contributed by atoms with Gasteiger partial charge in [0.2, 0.25) is 0 Å². The van der Waals surface area contributed by atoms with E-state index in [1.807, 2.05) is 39.8 Å². The Morgan fingerprint density at radius 2 is 1.78 bits per heavy atom. The first-order valence-corrected chi connectivity index (χ1v) is 9.06. The van der Waals surface area contributed by atoms with E-state index in [1.54, 1.807) is 12.1 Å². The summed E-state index contributed by atoms with van der Waals surface area (Å²) in [5.41, 5.74) is 3.01. The lowest BCUT2D eigenvalue weighted by atomic mass is 10.0. The molecular weight excluding hydrogens is 313 g/mol. The van der Waals surface area contributed by atoms with Crippen molar-refractivity contribution in [3.63, 3.8) is 0 Å². The average molecular weight is 335 g/mol. The molecule has 0 aromatic heterocycles. The molecule has 0 heterocycles. The largest absolute Gasteiger partial charge is 0.279 e. The summed E-state index contributed by atoms with van der Waals surface area (Å²) < 4.78 is 41.6. The summed E-state index contributed by atoms with van der Waals surface area (Å²) in [6, 6.07) is 9.40. The van der Waals surface area contributed by atoms with E-state index >= 15 is 0 Å². The van der Waals surface area contributed by atoms with Crippen molar-refractivity contribution < 1.29 is 12.8 Å². The van der Waals surface area contributed by atoms with Crippen LogP contribution < -0.4 is 4.72 Å². The maximum Gasteiger partial charge on any atom is 0.262 e. The van der Waals surface area contributed by atoms with Crippen molar-refractivity contribution in [3.05, 3.63) is 58.9 Å². The Labute approximate surface area is 137 Å². The molecule has 0 unspecified atom stereocenters. The van der Waals surface area contributed by atoms with E-state index < -0.39 is 15.8 Å². The van der Waals surface area contributed by atoms with E-state index in [2.05, 4.69) is 4.72 Å². The maximum atomic E-state index is 13.6. The van der Waals surface area contributed by atoms with Crippen LogP contribution in [0.15, 0.2) is 41.3 Å². The number of hydrogen-bond donors (Lipinski definition) is 1. The van der Waals surface area contributed by atoms with Gasteiger partial charge in [0.15, 0.2) is 0 Å². The fraction of sp³-hybridized carbons (Fsp3) is 0.333. The number of benzene rings is 2. The molecule has 23 heavy (non-hydrogen) atoms. The number of anilines is 1. The van der Waals surface area contributed by atoms with Crippen molar-refractivity contribution in [2.24, 2.45) is 5.92 Å². The summed E-state index contributed by atoms with van der Waals surface area (Å²) >= 11 is 0. The van der Waals surface area contributed by atoms with Crippen molar-refractivity contribution in [1.29, 1.82) is 0 Å². The minimum atomic E-state index is -3.84. The van der Waals surface area contributed by atoms with Crippen LogP contribution in [-0.2, 0) is 16.4 Å². The Bertz CT molecular complexity index is 814. The SMILES string of the molecule is Cc1ccc(NS(=O)(=O)c2cc(F)ccc2CC(C)C)c(C)c1. The van der Waals surface area contributed by atoms with Crippen molar-refractivity contribution in [2.45, 2.75) is 39.0 Å². The van der Waals surface area contributed by atoms with Crippen LogP contribution >= 0.6 is 0 Å². The summed E-state index contributed by atoms with van der Waals surface area (Å²) in [5, 5.41) is 0. The zero-order valence-corrected chi connectivity index (χ0v) is 14.7. The Morgan fingerprint density at radius 3 is 2.39 bits per heavy atom. The van der Waals surface area contributed by atoms with Crippen LogP contribution in [0.4, 0.5) is 10.1 Å². The van der Waals surface area contributed by atoms with Gasteiger partial charge < -0.3 is 0 Å². The van der Waals surface area contributed by atoms with Crippen molar-refractivity contribution in [3.8, 4) is 0 Å². The molecule has 0 spiro atoms. The summed E-state index contributed by atoms with van der Waals surface area (Å²) in [5.74, 6) is -0.283. The minimum Gasteiger partial charge on any atom is -0.279 e. The van der Waals surface area contributed by atoms with Gasteiger partial charge in [0.1, 0.15) is 5.82 Å². The molecule has 124 valence electrons. The first-order chi connectivity index (χ1) is 10.7. The molecule has 0 radical (unpaired) electrons. The van der Waals surface area contributed by atoms with Gasteiger partial charge in [-0.1, -0.05) is 37.6 Å². The zero-order valence-electron chi connectivity index (χ0n) is 13.9. The topological polar surface area (TPSA) is 46.2 Å². The molecule has 2 rings (SSSR count). The van der Waals surface area contributed by atoms with Crippen LogP contribution in [-0.4, -0.2) is 8.42 Å². The van der Waals surface area contributed by atoms with E-state index in [-0.39, 0.29) is 10.8 Å². The van der Waals surface area contributed by atoms with E-state index in [1.165, 1.54) is 6.07 Å². The van der Waals surface area contributed by atoms with Crippen LogP contribution in [0.2, 0.25) is 0 Å². The van der Waals surface area contributed by atoms with Crippen molar-refractivity contribution in [2.75, 3.05) is 4.72 Å². The molecule has 1 N–H and O–H groups in total. The molecule has 3 nitrogen and oxygen atoms in total. The quantitative estimate of drug-likeness (QED) is 0.878. The lowest BCUT2D eigenvalue weighted by Crippen LogP contribution is -2.16. The number of hydrogen-bond acceptors (Lipinski definition) is 2. The van der Waals surface area contributed by atoms with Crippen molar-refractivity contribution in [1.82, 2.24) is 0 Å². The second kappa shape index (κ2) is 6.71. The molecule has 0 saturated carbocycles. The van der Waals surface area contributed by atoms with E-state index in [9.17, 15) is 12.8 Å². The summed E-state index contributed by atoms with van der Waals surface area (Å²) in [6.45, 7) is 7.78. The Kier molecular flexibility index (Phi) is 5.09. The highest BCUT2D eigenvalue weighted by molar-refractivity contribution is 7.92. The number of rotatable bonds is 5. The number of aryl methyl sites for hydroxylation is 2. The second-order valence-corrected chi connectivity index (χ2v) is 7.92. The second-order valence-electron chi connectivity index (χ2n) is 6.27. The zero-order chi connectivity index (χ0) is 17.2. The van der Waals surface area contributed by atoms with E-state index in [0.717, 1.165) is 17.2 Å². The number of sulfonamides is 1. The monoisotopic (exact) mass is 335 g/mol. The molecule has 0 aliphatic rings. The lowest BCUT2D eigenvalue weighted by Gasteiger charge is -2.15. The molecule has 0 saturated heterocycles. The van der Waals surface area contributed by atoms with Crippen LogP contribution in [0, 0.1) is 25.6 Å². The lowest BCUT2D eigenvalue weighted by molar-refractivity contribution is 0.586. The third kappa shape index (κ3) is 4.32. The maximum absolute atomic E-state index is 13.6. The number of halogens is 1. The molecular formula is C18H22FNO2S. The summed E-state index contributed by atoms with van der Waals surface area (Å²) in [7, 11) is -3.84. The molecule has 2 aromatic rings. The fourth-order valence-corrected chi connectivity index (χ4v) is 3.91. The molecule has 5 heteroatoms. The van der Waals surface area contributed by atoms with Gasteiger partial charge in [-0.25, -0.2) is 12.8 Å². The van der Waals surface area contributed by atoms with Gasteiger partial charge in [0, 0.05) is 0 Å². The van der Waals surface area contributed by atoms with Crippen LogP contribution in [0.1, 0.15) is 30.5 Å². The van der Waals surface area contributed by atoms with Gasteiger partial charge in [0.25, 0.3) is 10.0 Å². The Hall–Kier alpha value is -1.88. The smallest absolute Gasteiger partial charge is 0.262 e. The van der Waals surface area contributed by atoms with Gasteiger partial charge in [-0.2, -0.15) is 0 Å². The summed E-state index contributed by atoms with van der Waals surface area (Å²) in [6.07, 6.45) is 0.573. The van der Waals surface area contributed by atoms with Crippen LogP contribution in [0.5, 0.6) is 0 Å². The van der Waals surface area contributed by atoms with Gasteiger partial charge in [-0.05, 0) is 55.5 Å². The number of nitrogens with one attached hydrogen (secondary N) is 1. The first-order valence-electron chi connectivity index (χ1n) is 7.57. The Balaban J connectivity index is 2.44. The highest BCUT2D eigenvalue weighted by Gasteiger charge is 2.20. The highest BCUT2D eigenvalue weighted by Crippen LogP contribution is 2.25. The minimum absolute atomic E-state index is 0.00572. The molecule has 0 amide bonds. The molecule has 2 aromatic carbocycles. The van der Waals surface area contributed by atoms with E-state index in [4.69, 9.17) is 0 Å². The Morgan fingerprint density at radius 1 is 1.09 bits per heavy atom. The molecule has 0 atom stereocenters. The predicted octanol–water partition coefficient (Wildman–Crippen LogP) is 4.44. The average Bonchev–Trinajstić information content (AvgIpc) is 2.43. The van der Waals surface area contributed by atoms with Crippen molar-refractivity contribution >= 4 is 15.7 Å². The van der Waals surface area contributed by atoms with Gasteiger partial charge in [-0.3, -0.25) is 4.72 Å².